The number of anilines is 1. The fraction of sp³-hybridized carbons (Fsp3) is 0.250. The molecule has 1 heterocycles. The van der Waals surface area contributed by atoms with E-state index in [1.165, 1.54) is 0 Å². The number of hydrogen-bond donors (Lipinski definition) is 1. The van der Waals surface area contributed by atoms with Crippen molar-refractivity contribution in [3.05, 3.63) is 52.3 Å². The van der Waals surface area contributed by atoms with Crippen LogP contribution < -0.4 is 10.1 Å². The number of halogens is 1. The monoisotopic (exact) mass is 348 g/mol. The molecule has 1 amide bonds. The fourth-order valence-electron chi connectivity index (χ4n) is 1.93. The molecule has 0 fully saturated rings. The Balaban J connectivity index is 1.89. The van der Waals surface area contributed by atoms with Crippen molar-refractivity contribution < 1.29 is 9.53 Å². The highest BCUT2D eigenvalue weighted by Gasteiger charge is 2.06. The predicted octanol–water partition coefficient (Wildman–Crippen LogP) is 3.73. The largest absolute Gasteiger partial charge is 0.497 e. The molecule has 5 heteroatoms. The van der Waals surface area contributed by atoms with E-state index in [2.05, 4.69) is 26.2 Å². The number of nitrogens with one attached hydrogen (secondary N) is 1. The number of carbonyl (C=O) groups is 1. The molecule has 1 N–H and O–H groups in total. The Labute approximate surface area is 132 Å². The Bertz CT molecular complexity index is 627. The van der Waals surface area contributed by atoms with E-state index >= 15 is 0 Å². The van der Waals surface area contributed by atoms with E-state index < -0.39 is 0 Å². The highest BCUT2D eigenvalue weighted by atomic mass is 79.9. The van der Waals surface area contributed by atoms with E-state index in [0.29, 0.717) is 12.8 Å². The van der Waals surface area contributed by atoms with Gasteiger partial charge in [0.05, 0.1) is 18.5 Å². The van der Waals surface area contributed by atoms with Gasteiger partial charge in [-0.05, 0) is 59.1 Å². The van der Waals surface area contributed by atoms with Gasteiger partial charge in [-0.2, -0.15) is 0 Å². The third-order valence-electron chi connectivity index (χ3n) is 3.13. The summed E-state index contributed by atoms with van der Waals surface area (Å²) in [5.41, 5.74) is 2.65. The van der Waals surface area contributed by atoms with Crippen LogP contribution in [0.1, 0.15) is 17.7 Å². The van der Waals surface area contributed by atoms with E-state index in [1.54, 1.807) is 7.11 Å². The van der Waals surface area contributed by atoms with Crippen LogP contribution >= 0.6 is 15.9 Å². The van der Waals surface area contributed by atoms with E-state index in [0.717, 1.165) is 27.3 Å². The van der Waals surface area contributed by atoms with Crippen LogP contribution in [0.25, 0.3) is 0 Å². The first-order valence-electron chi connectivity index (χ1n) is 6.64. The summed E-state index contributed by atoms with van der Waals surface area (Å²) >= 11 is 3.30. The Morgan fingerprint density at radius 1 is 1.24 bits per heavy atom. The number of ether oxygens (including phenoxy) is 1. The second-order valence-corrected chi connectivity index (χ2v) is 5.48. The van der Waals surface area contributed by atoms with E-state index in [4.69, 9.17) is 4.74 Å². The van der Waals surface area contributed by atoms with Gasteiger partial charge in [0.1, 0.15) is 10.4 Å². The van der Waals surface area contributed by atoms with Crippen molar-refractivity contribution in [1.82, 2.24) is 4.98 Å². The average Bonchev–Trinajstić information content (AvgIpc) is 2.48. The van der Waals surface area contributed by atoms with Crippen molar-refractivity contribution >= 4 is 27.5 Å². The number of aryl methyl sites for hydroxylation is 2. The highest BCUT2D eigenvalue weighted by Crippen LogP contribution is 2.17. The molecule has 1 aromatic heterocycles. The van der Waals surface area contributed by atoms with Crippen molar-refractivity contribution in [2.24, 2.45) is 0 Å². The fourth-order valence-corrected chi connectivity index (χ4v) is 2.32. The van der Waals surface area contributed by atoms with Gasteiger partial charge >= 0.3 is 0 Å². The van der Waals surface area contributed by atoms with Gasteiger partial charge in [0.2, 0.25) is 5.91 Å². The number of nitrogens with zero attached hydrogens (tertiary/aromatic N) is 1. The summed E-state index contributed by atoms with van der Waals surface area (Å²) in [6.07, 6.45) is 1.13. The number of methoxy groups -OCH3 is 1. The van der Waals surface area contributed by atoms with E-state index in [9.17, 15) is 4.79 Å². The summed E-state index contributed by atoms with van der Waals surface area (Å²) in [5.74, 6) is 0.804. The normalized spacial score (nSPS) is 10.2. The van der Waals surface area contributed by atoms with Gasteiger partial charge in [-0.15, -0.1) is 0 Å². The Hall–Kier alpha value is -1.88. The predicted molar refractivity (Wildman–Crippen MR) is 86.6 cm³/mol. The molecule has 2 aromatic rings. The summed E-state index contributed by atoms with van der Waals surface area (Å²) in [5, 5.41) is 2.88. The maximum Gasteiger partial charge on any atom is 0.224 e. The molecule has 2 rings (SSSR count). The van der Waals surface area contributed by atoms with Crippen LogP contribution in [0.15, 0.2) is 41.0 Å². The summed E-state index contributed by atoms with van der Waals surface area (Å²) in [7, 11) is 1.64. The van der Waals surface area contributed by atoms with Gasteiger partial charge in [-0.1, -0.05) is 12.1 Å². The van der Waals surface area contributed by atoms with Crippen LogP contribution in [-0.4, -0.2) is 18.0 Å². The van der Waals surface area contributed by atoms with Crippen molar-refractivity contribution in [2.45, 2.75) is 19.8 Å². The van der Waals surface area contributed by atoms with Crippen molar-refractivity contribution in [3.8, 4) is 5.75 Å². The molecular weight excluding hydrogens is 332 g/mol. The van der Waals surface area contributed by atoms with Gasteiger partial charge < -0.3 is 10.1 Å². The molecule has 0 spiro atoms. The van der Waals surface area contributed by atoms with Crippen LogP contribution in [0.4, 0.5) is 5.69 Å². The molecule has 4 nitrogen and oxygen atoms in total. The quantitative estimate of drug-likeness (QED) is 0.837. The molecule has 21 heavy (non-hydrogen) atoms. The Kier molecular flexibility index (Phi) is 5.33. The zero-order valence-electron chi connectivity index (χ0n) is 12.0. The summed E-state index contributed by atoms with van der Waals surface area (Å²) in [6, 6.07) is 11.4. The Morgan fingerprint density at radius 3 is 2.57 bits per heavy atom. The van der Waals surface area contributed by atoms with Crippen LogP contribution in [0.3, 0.4) is 0 Å². The first-order chi connectivity index (χ1) is 10.1. The number of amides is 1. The standard InChI is InChI=1S/C16H17BrN2O2/c1-11-14(8-9-15(17)18-11)19-16(20)10-5-12-3-6-13(21-2)7-4-12/h3-4,6-9H,5,10H2,1-2H3,(H,19,20). The van der Waals surface area contributed by atoms with Crippen molar-refractivity contribution in [1.29, 1.82) is 0 Å². The third-order valence-corrected chi connectivity index (χ3v) is 3.57. The number of pyridine rings is 1. The van der Waals surface area contributed by atoms with Gasteiger partial charge in [0.15, 0.2) is 0 Å². The summed E-state index contributed by atoms with van der Waals surface area (Å²) < 4.78 is 5.87. The number of aromatic nitrogens is 1. The van der Waals surface area contributed by atoms with Gasteiger partial charge in [-0.3, -0.25) is 4.79 Å². The second kappa shape index (κ2) is 7.22. The lowest BCUT2D eigenvalue weighted by Gasteiger charge is -2.08. The zero-order chi connectivity index (χ0) is 15.2. The maximum atomic E-state index is 12.0. The maximum absolute atomic E-state index is 12.0. The molecule has 0 atom stereocenters. The molecular formula is C16H17BrN2O2. The molecule has 0 unspecified atom stereocenters. The minimum Gasteiger partial charge on any atom is -0.497 e. The molecule has 0 radical (unpaired) electrons. The molecule has 1 aromatic carbocycles. The lowest BCUT2D eigenvalue weighted by molar-refractivity contribution is -0.116. The first kappa shape index (κ1) is 15.5. The highest BCUT2D eigenvalue weighted by molar-refractivity contribution is 9.10. The van der Waals surface area contributed by atoms with Gasteiger partial charge in [0.25, 0.3) is 0 Å². The minimum atomic E-state index is -0.0157. The smallest absolute Gasteiger partial charge is 0.224 e. The van der Waals surface area contributed by atoms with Crippen LogP contribution in [0.5, 0.6) is 5.75 Å². The molecule has 0 aliphatic carbocycles. The Morgan fingerprint density at radius 2 is 1.95 bits per heavy atom. The summed E-state index contributed by atoms with van der Waals surface area (Å²) in [4.78, 5) is 16.2. The van der Waals surface area contributed by atoms with Crippen LogP contribution in [-0.2, 0) is 11.2 Å². The second-order valence-electron chi connectivity index (χ2n) is 4.66. The van der Waals surface area contributed by atoms with Crippen LogP contribution in [0, 0.1) is 6.92 Å². The van der Waals surface area contributed by atoms with Crippen molar-refractivity contribution in [2.75, 3.05) is 12.4 Å². The molecule has 0 saturated carbocycles. The molecule has 0 aliphatic heterocycles. The molecule has 0 saturated heterocycles. The zero-order valence-corrected chi connectivity index (χ0v) is 13.6. The SMILES string of the molecule is COc1ccc(CCC(=O)Nc2ccc(Br)nc2C)cc1. The lowest BCUT2D eigenvalue weighted by atomic mass is 10.1. The van der Waals surface area contributed by atoms with Gasteiger partial charge in [-0.25, -0.2) is 4.98 Å². The van der Waals surface area contributed by atoms with Gasteiger partial charge in [0, 0.05) is 6.42 Å². The molecule has 0 aliphatic rings. The number of carbonyl (C=O) groups excluding carboxylic acids is 1. The minimum absolute atomic E-state index is 0.0157. The first-order valence-corrected chi connectivity index (χ1v) is 7.43. The third kappa shape index (κ3) is 4.56. The number of rotatable bonds is 5. The molecule has 0 bridgehead atoms. The van der Waals surface area contributed by atoms with E-state index in [-0.39, 0.29) is 5.91 Å². The average molecular weight is 349 g/mol. The molecule has 110 valence electrons. The number of hydrogen-bond acceptors (Lipinski definition) is 3. The summed E-state index contributed by atoms with van der Waals surface area (Å²) in [6.45, 7) is 1.86. The van der Waals surface area contributed by atoms with E-state index in [1.807, 2.05) is 43.3 Å². The van der Waals surface area contributed by atoms with Crippen LogP contribution in [0.2, 0.25) is 0 Å². The topological polar surface area (TPSA) is 51.2 Å². The lowest BCUT2D eigenvalue weighted by Crippen LogP contribution is -2.13. The number of benzene rings is 1. The van der Waals surface area contributed by atoms with Crippen molar-refractivity contribution in [3.63, 3.8) is 0 Å².